The number of hydrogen-bond acceptors (Lipinski definition) is 5. The van der Waals surface area contributed by atoms with E-state index in [1.165, 1.54) is 19.2 Å². The fraction of sp³-hybridized carbons (Fsp3) is 0.150. The minimum Gasteiger partial charge on any atom is -0.497 e. The van der Waals surface area contributed by atoms with Crippen molar-refractivity contribution in [2.24, 2.45) is 7.05 Å². The Bertz CT molecular complexity index is 1320. The quantitative estimate of drug-likeness (QED) is 0.587. The van der Waals surface area contributed by atoms with E-state index in [1.807, 2.05) is 0 Å². The van der Waals surface area contributed by atoms with Crippen LogP contribution in [-0.2, 0) is 13.2 Å². The molecule has 0 radical (unpaired) electrons. The van der Waals surface area contributed by atoms with Gasteiger partial charge in [0.15, 0.2) is 0 Å². The van der Waals surface area contributed by atoms with Crippen molar-refractivity contribution >= 4 is 0 Å². The first-order chi connectivity index (χ1) is 14.6. The first-order valence-electron chi connectivity index (χ1n) is 8.53. The Balaban J connectivity index is 2.21. The minimum absolute atomic E-state index is 0.182. The Morgan fingerprint density at radius 2 is 1.74 bits per heavy atom. The number of nitriles is 1. The van der Waals surface area contributed by atoms with E-state index in [9.17, 15) is 32.4 Å². The Hall–Kier alpha value is -4.07. The summed E-state index contributed by atoms with van der Waals surface area (Å²) in [6.07, 6.45) is -4.96. The average Bonchev–Trinajstić information content (AvgIpc) is 2.72. The summed E-state index contributed by atoms with van der Waals surface area (Å²) in [7, 11) is 2.22. The number of aromatic nitrogens is 2. The molecule has 7 nitrogen and oxygen atoms in total. The summed E-state index contributed by atoms with van der Waals surface area (Å²) in [5.74, 6) is -0.776. The van der Waals surface area contributed by atoms with Crippen LogP contribution in [0.3, 0.4) is 0 Å². The second kappa shape index (κ2) is 7.98. The zero-order valence-electron chi connectivity index (χ0n) is 16.0. The van der Waals surface area contributed by atoms with Crippen molar-refractivity contribution in [1.82, 2.24) is 9.13 Å². The van der Waals surface area contributed by atoms with E-state index >= 15 is 0 Å². The maximum Gasteiger partial charge on any atom is 0.431 e. The van der Waals surface area contributed by atoms with Crippen molar-refractivity contribution in [3.63, 3.8) is 0 Å². The van der Waals surface area contributed by atoms with Crippen LogP contribution in [-0.4, -0.2) is 16.2 Å². The number of rotatable bonds is 4. The van der Waals surface area contributed by atoms with Crippen LogP contribution in [0.15, 0.2) is 52.1 Å². The van der Waals surface area contributed by atoms with Crippen LogP contribution in [0.25, 0.3) is 5.69 Å². The van der Waals surface area contributed by atoms with E-state index in [4.69, 9.17) is 9.47 Å². The third-order valence-corrected chi connectivity index (χ3v) is 4.29. The number of nitrogens with zero attached hydrogens (tertiary/aromatic N) is 3. The molecule has 1 heterocycles. The summed E-state index contributed by atoms with van der Waals surface area (Å²) >= 11 is 0. The molecular weight excluding hydrogens is 422 g/mol. The average molecular weight is 435 g/mol. The highest BCUT2D eigenvalue weighted by Gasteiger charge is 2.35. The number of hydrogen-bond donors (Lipinski definition) is 0. The van der Waals surface area contributed by atoms with E-state index in [0.717, 1.165) is 13.1 Å². The highest BCUT2D eigenvalue weighted by Crippen LogP contribution is 2.31. The fourth-order valence-corrected chi connectivity index (χ4v) is 2.80. The molecule has 0 aliphatic heterocycles. The molecule has 160 valence electrons. The van der Waals surface area contributed by atoms with Gasteiger partial charge >= 0.3 is 11.9 Å². The van der Waals surface area contributed by atoms with Crippen molar-refractivity contribution in [1.29, 1.82) is 5.26 Å². The summed E-state index contributed by atoms with van der Waals surface area (Å²) in [5, 5.41) is 9.28. The van der Waals surface area contributed by atoms with Gasteiger partial charge in [-0.15, -0.1) is 0 Å². The predicted molar refractivity (Wildman–Crippen MR) is 100 cm³/mol. The summed E-state index contributed by atoms with van der Waals surface area (Å²) < 4.78 is 64.8. The SMILES string of the molecule is COc1cccc(Oc2cc(-n3c(=O)cc(C(F)(F)F)n(C)c3=O)c(F)cc2C#N)c1. The van der Waals surface area contributed by atoms with E-state index in [2.05, 4.69) is 0 Å². The zero-order chi connectivity index (χ0) is 22.9. The highest BCUT2D eigenvalue weighted by atomic mass is 19.4. The van der Waals surface area contributed by atoms with Crippen molar-refractivity contribution in [3.8, 4) is 29.0 Å². The molecule has 0 saturated carbocycles. The molecule has 0 aliphatic rings. The molecule has 0 fully saturated rings. The van der Waals surface area contributed by atoms with Gasteiger partial charge in [-0.1, -0.05) is 6.07 Å². The largest absolute Gasteiger partial charge is 0.497 e. The summed E-state index contributed by atoms with van der Waals surface area (Å²) in [5.41, 5.74) is -5.24. The van der Waals surface area contributed by atoms with Gasteiger partial charge in [-0.25, -0.2) is 13.8 Å². The number of ether oxygens (including phenoxy) is 2. The normalized spacial score (nSPS) is 11.1. The molecular formula is C20H13F4N3O4. The van der Waals surface area contributed by atoms with Gasteiger partial charge in [0.2, 0.25) is 0 Å². The third-order valence-electron chi connectivity index (χ3n) is 4.29. The molecule has 0 amide bonds. The number of halogens is 4. The standard InChI is InChI=1S/C20H13F4N3O4/c1-26-17(20(22,23)24)9-18(28)27(19(26)29)15-8-16(11(10-25)6-14(15)21)31-13-5-3-4-12(7-13)30-2/h3-9H,1-2H3. The van der Waals surface area contributed by atoms with E-state index in [1.54, 1.807) is 18.2 Å². The molecule has 0 bridgehead atoms. The Morgan fingerprint density at radius 1 is 1.06 bits per heavy atom. The molecule has 31 heavy (non-hydrogen) atoms. The minimum atomic E-state index is -4.96. The van der Waals surface area contributed by atoms with Crippen LogP contribution < -0.4 is 20.7 Å². The molecule has 2 aromatic carbocycles. The van der Waals surface area contributed by atoms with Crippen LogP contribution in [0.1, 0.15) is 11.3 Å². The molecule has 0 saturated heterocycles. The van der Waals surface area contributed by atoms with Gasteiger partial charge < -0.3 is 9.47 Å². The molecule has 0 aliphatic carbocycles. The first kappa shape index (κ1) is 21.6. The fourth-order valence-electron chi connectivity index (χ4n) is 2.80. The van der Waals surface area contributed by atoms with Crippen LogP contribution in [0.4, 0.5) is 17.6 Å². The van der Waals surface area contributed by atoms with Crippen molar-refractivity contribution < 1.29 is 27.0 Å². The molecule has 11 heteroatoms. The lowest BCUT2D eigenvalue weighted by Gasteiger charge is -2.15. The van der Waals surface area contributed by atoms with Gasteiger partial charge in [0, 0.05) is 25.2 Å². The lowest BCUT2D eigenvalue weighted by Crippen LogP contribution is -2.41. The molecule has 1 aromatic heterocycles. The second-order valence-corrected chi connectivity index (χ2v) is 6.24. The van der Waals surface area contributed by atoms with Crippen LogP contribution in [0.2, 0.25) is 0 Å². The van der Waals surface area contributed by atoms with Gasteiger partial charge in [0.1, 0.15) is 34.8 Å². The van der Waals surface area contributed by atoms with Gasteiger partial charge in [0.25, 0.3) is 5.56 Å². The van der Waals surface area contributed by atoms with Gasteiger partial charge in [0.05, 0.1) is 18.4 Å². The van der Waals surface area contributed by atoms with Gasteiger partial charge in [-0.05, 0) is 18.2 Å². The van der Waals surface area contributed by atoms with Crippen LogP contribution in [0.5, 0.6) is 17.2 Å². The summed E-state index contributed by atoms with van der Waals surface area (Å²) in [4.78, 5) is 24.7. The number of methoxy groups -OCH3 is 1. The Morgan fingerprint density at radius 3 is 2.35 bits per heavy atom. The summed E-state index contributed by atoms with van der Waals surface area (Å²) in [6.45, 7) is 0. The maximum atomic E-state index is 14.6. The number of benzene rings is 2. The molecule has 0 spiro atoms. The predicted octanol–water partition coefficient (Wildman–Crippen LogP) is 3.37. The second-order valence-electron chi connectivity index (χ2n) is 6.24. The topological polar surface area (TPSA) is 86.2 Å². The smallest absolute Gasteiger partial charge is 0.431 e. The van der Waals surface area contributed by atoms with Crippen molar-refractivity contribution in [3.05, 3.63) is 80.4 Å². The van der Waals surface area contributed by atoms with Crippen molar-refractivity contribution in [2.75, 3.05) is 7.11 Å². The Kier molecular flexibility index (Phi) is 5.57. The monoisotopic (exact) mass is 435 g/mol. The first-order valence-corrected chi connectivity index (χ1v) is 8.53. The zero-order valence-corrected chi connectivity index (χ0v) is 16.0. The van der Waals surface area contributed by atoms with Gasteiger partial charge in [-0.2, -0.15) is 18.4 Å². The van der Waals surface area contributed by atoms with Gasteiger partial charge in [-0.3, -0.25) is 9.36 Å². The molecule has 0 unspecified atom stereocenters. The van der Waals surface area contributed by atoms with E-state index in [-0.39, 0.29) is 32.3 Å². The lowest BCUT2D eigenvalue weighted by atomic mass is 10.1. The third kappa shape index (κ3) is 4.13. The molecule has 3 rings (SSSR count). The lowest BCUT2D eigenvalue weighted by molar-refractivity contribution is -0.144. The van der Waals surface area contributed by atoms with Crippen molar-refractivity contribution in [2.45, 2.75) is 6.18 Å². The molecule has 3 aromatic rings. The highest BCUT2D eigenvalue weighted by molar-refractivity contribution is 5.53. The van der Waals surface area contributed by atoms with E-state index < -0.39 is 34.6 Å². The summed E-state index contributed by atoms with van der Waals surface area (Å²) in [6, 6.07) is 9.69. The Labute approximate surface area is 171 Å². The van der Waals surface area contributed by atoms with E-state index in [0.29, 0.717) is 11.8 Å². The molecule has 0 N–H and O–H groups in total. The van der Waals surface area contributed by atoms with Crippen LogP contribution in [0, 0.1) is 17.1 Å². The number of alkyl halides is 3. The van der Waals surface area contributed by atoms with Crippen LogP contribution >= 0.6 is 0 Å². The molecule has 0 atom stereocenters. The maximum absolute atomic E-state index is 14.6.